The maximum absolute atomic E-state index is 11.9. The molecule has 0 aliphatic rings. The van der Waals surface area contributed by atoms with Crippen molar-refractivity contribution in [2.75, 3.05) is 11.1 Å². The van der Waals surface area contributed by atoms with Crippen LogP contribution in [0.15, 0.2) is 46.9 Å². The number of carbonyl (C=O) groups is 1. The molecule has 0 aromatic heterocycles. The average Bonchev–Trinajstić information content (AvgIpc) is 2.34. The number of hydrogen-bond acceptors (Lipinski definition) is 2. The van der Waals surface area contributed by atoms with Crippen LogP contribution in [-0.4, -0.2) is 5.91 Å². The van der Waals surface area contributed by atoms with Gasteiger partial charge in [-0.3, -0.25) is 4.79 Å². The lowest BCUT2D eigenvalue weighted by Gasteiger charge is -2.07. The van der Waals surface area contributed by atoms with E-state index in [1.165, 1.54) is 0 Å². The molecule has 2 rings (SSSR count). The Morgan fingerprint density at radius 2 is 2.05 bits per heavy atom. The summed E-state index contributed by atoms with van der Waals surface area (Å²) in [6.07, 6.45) is 0.307. The number of carbonyl (C=O) groups excluding carboxylic acids is 1. The molecule has 1 amide bonds. The first-order valence-corrected chi connectivity index (χ1v) is 6.81. The number of benzene rings is 2. The molecule has 0 spiro atoms. The minimum atomic E-state index is -0.0982. The van der Waals surface area contributed by atoms with Crippen LogP contribution in [0.25, 0.3) is 0 Å². The van der Waals surface area contributed by atoms with E-state index in [0.717, 1.165) is 10.0 Å². The SMILES string of the molecule is Nc1ccc(NC(=O)Cc2cccc(Br)c2)cc1Cl. The van der Waals surface area contributed by atoms with Gasteiger partial charge in [-0.1, -0.05) is 39.7 Å². The van der Waals surface area contributed by atoms with Crippen LogP contribution in [0, 0.1) is 0 Å². The summed E-state index contributed by atoms with van der Waals surface area (Å²) in [5.41, 5.74) is 7.68. The molecular weight excluding hydrogens is 328 g/mol. The number of nitrogens with one attached hydrogen (secondary N) is 1. The quantitative estimate of drug-likeness (QED) is 0.834. The van der Waals surface area contributed by atoms with Crippen molar-refractivity contribution < 1.29 is 4.79 Å². The molecule has 19 heavy (non-hydrogen) atoms. The summed E-state index contributed by atoms with van der Waals surface area (Å²) in [6, 6.07) is 12.6. The van der Waals surface area contributed by atoms with E-state index in [1.54, 1.807) is 18.2 Å². The lowest BCUT2D eigenvalue weighted by molar-refractivity contribution is -0.115. The lowest BCUT2D eigenvalue weighted by Crippen LogP contribution is -2.14. The third-order valence-electron chi connectivity index (χ3n) is 2.54. The zero-order valence-corrected chi connectivity index (χ0v) is 12.3. The molecule has 0 radical (unpaired) electrons. The van der Waals surface area contributed by atoms with Gasteiger partial charge < -0.3 is 11.1 Å². The minimum Gasteiger partial charge on any atom is -0.398 e. The number of halogens is 2. The summed E-state index contributed by atoms with van der Waals surface area (Å²) in [5, 5.41) is 3.21. The third kappa shape index (κ3) is 3.98. The summed E-state index contributed by atoms with van der Waals surface area (Å²) in [6.45, 7) is 0. The molecule has 0 fully saturated rings. The van der Waals surface area contributed by atoms with Gasteiger partial charge >= 0.3 is 0 Å². The Morgan fingerprint density at radius 3 is 2.74 bits per heavy atom. The Morgan fingerprint density at radius 1 is 1.26 bits per heavy atom. The van der Waals surface area contributed by atoms with Gasteiger partial charge in [-0.05, 0) is 35.9 Å². The predicted octanol–water partition coefficient (Wildman–Crippen LogP) is 3.87. The molecule has 2 aromatic carbocycles. The van der Waals surface area contributed by atoms with Gasteiger partial charge in [0.2, 0.25) is 5.91 Å². The first-order chi connectivity index (χ1) is 9.04. The smallest absolute Gasteiger partial charge is 0.228 e. The van der Waals surface area contributed by atoms with Crippen LogP contribution in [0.5, 0.6) is 0 Å². The summed E-state index contributed by atoms with van der Waals surface area (Å²) in [7, 11) is 0. The van der Waals surface area contributed by atoms with Crippen LogP contribution >= 0.6 is 27.5 Å². The highest BCUT2D eigenvalue weighted by Crippen LogP contribution is 2.22. The van der Waals surface area contributed by atoms with Crippen molar-refractivity contribution in [3.63, 3.8) is 0 Å². The van der Waals surface area contributed by atoms with E-state index in [2.05, 4.69) is 21.2 Å². The molecule has 0 saturated heterocycles. The fourth-order valence-corrected chi connectivity index (χ4v) is 2.27. The van der Waals surface area contributed by atoms with Crippen LogP contribution < -0.4 is 11.1 Å². The number of nitrogen functional groups attached to an aromatic ring is 1. The Labute approximate surface area is 124 Å². The van der Waals surface area contributed by atoms with Crippen molar-refractivity contribution >= 4 is 44.8 Å². The molecule has 0 saturated carbocycles. The van der Waals surface area contributed by atoms with E-state index in [4.69, 9.17) is 17.3 Å². The van der Waals surface area contributed by atoms with Gasteiger partial charge in [0.05, 0.1) is 17.1 Å². The Hall–Kier alpha value is -1.52. The molecule has 5 heteroatoms. The van der Waals surface area contributed by atoms with Gasteiger partial charge in [0, 0.05) is 10.2 Å². The van der Waals surface area contributed by atoms with Crippen molar-refractivity contribution in [3.8, 4) is 0 Å². The molecule has 0 aliphatic carbocycles. The van der Waals surface area contributed by atoms with Gasteiger partial charge in [0.15, 0.2) is 0 Å². The van der Waals surface area contributed by atoms with Gasteiger partial charge in [-0.15, -0.1) is 0 Å². The summed E-state index contributed by atoms with van der Waals surface area (Å²) in [4.78, 5) is 11.9. The van der Waals surface area contributed by atoms with Gasteiger partial charge in [-0.25, -0.2) is 0 Å². The molecule has 0 heterocycles. The highest BCUT2D eigenvalue weighted by Gasteiger charge is 2.06. The van der Waals surface area contributed by atoms with E-state index in [-0.39, 0.29) is 5.91 Å². The second-order valence-electron chi connectivity index (χ2n) is 4.09. The summed E-state index contributed by atoms with van der Waals surface area (Å²) < 4.78 is 0.952. The topological polar surface area (TPSA) is 55.1 Å². The van der Waals surface area contributed by atoms with E-state index >= 15 is 0 Å². The van der Waals surface area contributed by atoms with E-state index in [1.807, 2.05) is 24.3 Å². The Bertz CT molecular complexity index is 616. The highest BCUT2D eigenvalue weighted by molar-refractivity contribution is 9.10. The van der Waals surface area contributed by atoms with Crippen molar-refractivity contribution in [3.05, 3.63) is 57.5 Å². The van der Waals surface area contributed by atoms with Crippen LogP contribution in [0.4, 0.5) is 11.4 Å². The van der Waals surface area contributed by atoms with Crippen molar-refractivity contribution in [2.45, 2.75) is 6.42 Å². The van der Waals surface area contributed by atoms with E-state index in [9.17, 15) is 4.79 Å². The number of amides is 1. The maximum Gasteiger partial charge on any atom is 0.228 e. The highest BCUT2D eigenvalue weighted by atomic mass is 79.9. The third-order valence-corrected chi connectivity index (χ3v) is 3.36. The maximum atomic E-state index is 11.9. The summed E-state index contributed by atoms with van der Waals surface area (Å²) >= 11 is 9.27. The molecule has 0 aliphatic heterocycles. The molecule has 3 N–H and O–H groups in total. The average molecular weight is 340 g/mol. The number of nitrogens with two attached hydrogens (primary N) is 1. The predicted molar refractivity (Wildman–Crippen MR) is 82.3 cm³/mol. The largest absolute Gasteiger partial charge is 0.398 e. The fourth-order valence-electron chi connectivity index (χ4n) is 1.64. The minimum absolute atomic E-state index is 0.0982. The van der Waals surface area contributed by atoms with Gasteiger partial charge in [0.1, 0.15) is 0 Å². The van der Waals surface area contributed by atoms with E-state index < -0.39 is 0 Å². The van der Waals surface area contributed by atoms with Crippen LogP contribution in [0.3, 0.4) is 0 Å². The Balaban J connectivity index is 2.03. The number of rotatable bonds is 3. The van der Waals surface area contributed by atoms with Crippen molar-refractivity contribution in [1.82, 2.24) is 0 Å². The molecule has 2 aromatic rings. The van der Waals surface area contributed by atoms with Crippen LogP contribution in [0.1, 0.15) is 5.56 Å². The van der Waals surface area contributed by atoms with Gasteiger partial charge in [-0.2, -0.15) is 0 Å². The van der Waals surface area contributed by atoms with Crippen molar-refractivity contribution in [1.29, 1.82) is 0 Å². The second kappa shape index (κ2) is 6.08. The van der Waals surface area contributed by atoms with Crippen LogP contribution in [-0.2, 0) is 11.2 Å². The molecule has 0 atom stereocenters. The molecular formula is C14H12BrClN2O. The summed E-state index contributed by atoms with van der Waals surface area (Å²) in [5.74, 6) is -0.0982. The first kappa shape index (κ1) is 13.9. The van der Waals surface area contributed by atoms with Crippen LogP contribution in [0.2, 0.25) is 5.02 Å². The lowest BCUT2D eigenvalue weighted by atomic mass is 10.1. The molecule has 98 valence electrons. The first-order valence-electron chi connectivity index (χ1n) is 5.64. The number of hydrogen-bond donors (Lipinski definition) is 2. The normalized spacial score (nSPS) is 10.2. The fraction of sp³-hybridized carbons (Fsp3) is 0.0714. The molecule has 0 bridgehead atoms. The standard InChI is InChI=1S/C14H12BrClN2O/c15-10-3-1-2-9(6-10)7-14(19)18-11-4-5-13(17)12(16)8-11/h1-6,8H,7,17H2,(H,18,19). The zero-order chi connectivity index (χ0) is 13.8. The monoisotopic (exact) mass is 338 g/mol. The Kier molecular flexibility index (Phi) is 4.45. The molecule has 0 unspecified atom stereocenters. The zero-order valence-electron chi connectivity index (χ0n) is 9.99. The van der Waals surface area contributed by atoms with Crippen molar-refractivity contribution in [2.24, 2.45) is 0 Å². The molecule has 3 nitrogen and oxygen atoms in total. The van der Waals surface area contributed by atoms with Gasteiger partial charge in [0.25, 0.3) is 0 Å². The second-order valence-corrected chi connectivity index (χ2v) is 5.41. The number of anilines is 2. The van der Waals surface area contributed by atoms with E-state index in [0.29, 0.717) is 22.8 Å².